The highest BCUT2D eigenvalue weighted by Crippen LogP contribution is 2.26. The van der Waals surface area contributed by atoms with Crippen LogP contribution in [-0.2, 0) is 5.33 Å². The van der Waals surface area contributed by atoms with Gasteiger partial charge in [-0.2, -0.15) is 0 Å². The first-order valence-corrected chi connectivity index (χ1v) is 4.94. The number of aromatic nitrogens is 1. The highest BCUT2D eigenvalue weighted by molar-refractivity contribution is 9.10. The monoisotopic (exact) mass is 279 g/mol. The minimum Gasteiger partial charge on any atom is -0.496 e. The Labute approximate surface area is 82.2 Å². The lowest BCUT2D eigenvalue weighted by molar-refractivity contribution is 0.410. The summed E-state index contributed by atoms with van der Waals surface area (Å²) in [5.74, 6) is 0.851. The van der Waals surface area contributed by atoms with Crippen molar-refractivity contribution in [3.05, 3.63) is 22.4 Å². The summed E-state index contributed by atoms with van der Waals surface area (Å²) in [4.78, 5) is 4.07. The molecule has 1 aromatic heterocycles. The average Bonchev–Trinajstić information content (AvgIpc) is 2.04. The fourth-order valence-electron chi connectivity index (χ4n) is 0.763. The number of ether oxygens (including phenoxy) is 1. The summed E-state index contributed by atoms with van der Waals surface area (Å²) < 4.78 is 5.94. The molecule has 0 aromatic carbocycles. The standard InChI is InChI=1S/C7H7Br2NO/c1-11-6-2-3-10-7(9)5(6)4-8/h2-3H,4H2,1H3. The second-order valence-corrected chi connectivity index (χ2v) is 3.23. The topological polar surface area (TPSA) is 22.1 Å². The zero-order chi connectivity index (χ0) is 8.27. The van der Waals surface area contributed by atoms with Crippen LogP contribution < -0.4 is 4.74 Å². The summed E-state index contributed by atoms with van der Waals surface area (Å²) in [6, 6.07) is 1.83. The van der Waals surface area contributed by atoms with Crippen LogP contribution in [0, 0.1) is 0 Å². The van der Waals surface area contributed by atoms with Crippen LogP contribution in [0.15, 0.2) is 16.9 Å². The van der Waals surface area contributed by atoms with Crippen molar-refractivity contribution < 1.29 is 4.74 Å². The predicted octanol–water partition coefficient (Wildman–Crippen LogP) is 2.75. The van der Waals surface area contributed by atoms with Crippen LogP contribution in [0.1, 0.15) is 5.56 Å². The SMILES string of the molecule is COc1ccnc(Br)c1CBr. The molecule has 1 rings (SSSR count). The fourth-order valence-corrected chi connectivity index (χ4v) is 2.13. The Balaban J connectivity index is 3.13. The predicted molar refractivity (Wildman–Crippen MR) is 51.1 cm³/mol. The molecular weight excluding hydrogens is 274 g/mol. The van der Waals surface area contributed by atoms with Gasteiger partial charge in [-0.25, -0.2) is 4.98 Å². The Morgan fingerprint density at radius 3 is 2.82 bits per heavy atom. The Morgan fingerprint density at radius 2 is 2.36 bits per heavy atom. The van der Waals surface area contributed by atoms with E-state index in [0.717, 1.165) is 21.2 Å². The van der Waals surface area contributed by atoms with Gasteiger partial charge in [0.1, 0.15) is 10.4 Å². The lowest BCUT2D eigenvalue weighted by Crippen LogP contribution is -1.91. The van der Waals surface area contributed by atoms with E-state index in [0.29, 0.717) is 0 Å². The Bertz CT molecular complexity index is 252. The quantitative estimate of drug-likeness (QED) is 0.614. The van der Waals surface area contributed by atoms with Gasteiger partial charge in [-0.3, -0.25) is 0 Å². The van der Waals surface area contributed by atoms with E-state index in [1.54, 1.807) is 13.3 Å². The first kappa shape index (κ1) is 9.00. The molecule has 0 radical (unpaired) electrons. The van der Waals surface area contributed by atoms with Gasteiger partial charge in [0.25, 0.3) is 0 Å². The molecule has 2 nitrogen and oxygen atoms in total. The van der Waals surface area contributed by atoms with E-state index in [1.165, 1.54) is 0 Å². The van der Waals surface area contributed by atoms with E-state index in [-0.39, 0.29) is 0 Å². The van der Waals surface area contributed by atoms with Crippen molar-refractivity contribution in [1.29, 1.82) is 0 Å². The van der Waals surface area contributed by atoms with Gasteiger partial charge in [0.2, 0.25) is 0 Å². The van der Waals surface area contributed by atoms with Gasteiger partial charge < -0.3 is 4.74 Å². The third-order valence-corrected chi connectivity index (χ3v) is 2.56. The highest BCUT2D eigenvalue weighted by Gasteiger charge is 2.05. The van der Waals surface area contributed by atoms with E-state index in [9.17, 15) is 0 Å². The van der Waals surface area contributed by atoms with Gasteiger partial charge in [-0.05, 0) is 22.0 Å². The average molecular weight is 281 g/mol. The van der Waals surface area contributed by atoms with Gasteiger partial charge >= 0.3 is 0 Å². The molecule has 0 fully saturated rings. The van der Waals surface area contributed by atoms with Crippen molar-refractivity contribution in [1.82, 2.24) is 4.98 Å². The van der Waals surface area contributed by atoms with E-state index in [4.69, 9.17) is 4.74 Å². The van der Waals surface area contributed by atoms with Crippen LogP contribution in [0.3, 0.4) is 0 Å². The minimum atomic E-state index is 0.741. The van der Waals surface area contributed by atoms with Gasteiger partial charge in [-0.15, -0.1) is 0 Å². The number of halogens is 2. The molecule has 0 saturated heterocycles. The first-order valence-electron chi connectivity index (χ1n) is 3.03. The number of hydrogen-bond acceptors (Lipinski definition) is 2. The number of hydrogen-bond donors (Lipinski definition) is 0. The lowest BCUT2D eigenvalue weighted by Gasteiger charge is -2.05. The molecule has 0 amide bonds. The largest absolute Gasteiger partial charge is 0.496 e. The van der Waals surface area contributed by atoms with Gasteiger partial charge in [0.15, 0.2) is 0 Å². The Hall–Kier alpha value is -0.0900. The molecule has 0 aliphatic carbocycles. The van der Waals surface area contributed by atoms with Crippen LogP contribution in [-0.4, -0.2) is 12.1 Å². The van der Waals surface area contributed by atoms with Gasteiger partial charge in [0, 0.05) is 17.1 Å². The highest BCUT2D eigenvalue weighted by atomic mass is 79.9. The Kier molecular flexibility index (Phi) is 3.33. The zero-order valence-corrected chi connectivity index (χ0v) is 9.15. The molecule has 1 aromatic rings. The van der Waals surface area contributed by atoms with Crippen molar-refractivity contribution in [2.75, 3.05) is 7.11 Å². The molecule has 0 N–H and O–H groups in total. The molecular formula is C7H7Br2NO. The number of nitrogens with zero attached hydrogens (tertiary/aromatic N) is 1. The first-order chi connectivity index (χ1) is 5.29. The molecule has 0 saturated carbocycles. The number of alkyl halides is 1. The zero-order valence-electron chi connectivity index (χ0n) is 5.97. The summed E-state index contributed by atoms with van der Waals surface area (Å²) >= 11 is 6.68. The summed E-state index contributed by atoms with van der Waals surface area (Å²) in [7, 11) is 1.65. The summed E-state index contributed by atoms with van der Waals surface area (Å²) in [5, 5.41) is 0.741. The number of pyridine rings is 1. The minimum absolute atomic E-state index is 0.741. The van der Waals surface area contributed by atoms with E-state index >= 15 is 0 Å². The van der Waals surface area contributed by atoms with E-state index in [1.807, 2.05) is 6.07 Å². The third kappa shape index (κ3) is 1.93. The second-order valence-electron chi connectivity index (χ2n) is 1.92. The Morgan fingerprint density at radius 1 is 1.64 bits per heavy atom. The van der Waals surface area contributed by atoms with Crippen molar-refractivity contribution in [2.45, 2.75) is 5.33 Å². The second kappa shape index (κ2) is 4.07. The third-order valence-electron chi connectivity index (χ3n) is 1.31. The van der Waals surface area contributed by atoms with E-state index < -0.39 is 0 Å². The van der Waals surface area contributed by atoms with Crippen LogP contribution >= 0.6 is 31.9 Å². The van der Waals surface area contributed by atoms with Crippen molar-refractivity contribution >= 4 is 31.9 Å². The lowest BCUT2D eigenvalue weighted by atomic mass is 10.3. The molecule has 0 atom stereocenters. The van der Waals surface area contributed by atoms with Crippen LogP contribution in [0.4, 0.5) is 0 Å². The molecule has 60 valence electrons. The molecule has 0 spiro atoms. The number of methoxy groups -OCH3 is 1. The molecule has 0 bridgehead atoms. The fraction of sp³-hybridized carbons (Fsp3) is 0.286. The van der Waals surface area contributed by atoms with Gasteiger partial charge in [-0.1, -0.05) is 15.9 Å². The van der Waals surface area contributed by atoms with Crippen molar-refractivity contribution in [3.63, 3.8) is 0 Å². The van der Waals surface area contributed by atoms with Crippen molar-refractivity contribution in [3.8, 4) is 5.75 Å². The molecule has 0 aliphatic rings. The van der Waals surface area contributed by atoms with E-state index in [2.05, 4.69) is 36.8 Å². The van der Waals surface area contributed by atoms with Crippen LogP contribution in [0.5, 0.6) is 5.75 Å². The molecule has 0 aliphatic heterocycles. The summed E-state index contributed by atoms with van der Waals surface area (Å²) in [6.07, 6.45) is 1.70. The van der Waals surface area contributed by atoms with Crippen LogP contribution in [0.2, 0.25) is 0 Å². The van der Waals surface area contributed by atoms with Gasteiger partial charge in [0.05, 0.1) is 7.11 Å². The summed E-state index contributed by atoms with van der Waals surface area (Å²) in [5.41, 5.74) is 1.04. The summed E-state index contributed by atoms with van der Waals surface area (Å²) in [6.45, 7) is 0. The normalized spacial score (nSPS) is 9.73. The van der Waals surface area contributed by atoms with Crippen LogP contribution in [0.25, 0.3) is 0 Å². The van der Waals surface area contributed by atoms with Crippen molar-refractivity contribution in [2.24, 2.45) is 0 Å². The maximum atomic E-state index is 5.12. The molecule has 11 heavy (non-hydrogen) atoms. The maximum Gasteiger partial charge on any atom is 0.127 e. The molecule has 1 heterocycles. The molecule has 0 unspecified atom stereocenters. The smallest absolute Gasteiger partial charge is 0.127 e. The maximum absolute atomic E-state index is 5.12. The molecule has 4 heteroatoms. The number of rotatable bonds is 2.